The first-order chi connectivity index (χ1) is 15.4. The number of aromatic nitrogens is 3. The zero-order valence-electron chi connectivity index (χ0n) is 18.6. The average molecular weight is 523 g/mol. The SMILES string of the molecule is C=CCOC(=O)C1=C(C)Nc2nc(SCCC)nn2C1c1cc(Br)c(OC)c(OCC)c1. The maximum absolute atomic E-state index is 13.1. The molecule has 3 rings (SSSR count). The van der Waals surface area contributed by atoms with E-state index in [9.17, 15) is 4.79 Å². The molecule has 1 aliphatic heterocycles. The molecule has 0 aliphatic carbocycles. The van der Waals surface area contributed by atoms with Crippen molar-refractivity contribution in [1.29, 1.82) is 0 Å². The smallest absolute Gasteiger partial charge is 0.338 e. The van der Waals surface area contributed by atoms with Gasteiger partial charge >= 0.3 is 5.97 Å². The molecule has 32 heavy (non-hydrogen) atoms. The van der Waals surface area contributed by atoms with Gasteiger partial charge < -0.3 is 19.5 Å². The Morgan fingerprint density at radius 3 is 2.84 bits per heavy atom. The Bertz CT molecular complexity index is 1040. The van der Waals surface area contributed by atoms with Gasteiger partial charge in [0.05, 0.1) is 23.8 Å². The van der Waals surface area contributed by atoms with Gasteiger partial charge in [-0.1, -0.05) is 31.3 Å². The summed E-state index contributed by atoms with van der Waals surface area (Å²) >= 11 is 5.14. The molecule has 2 aromatic rings. The van der Waals surface area contributed by atoms with Crippen LogP contribution in [0.5, 0.6) is 11.5 Å². The van der Waals surface area contributed by atoms with Crippen LogP contribution in [0.4, 0.5) is 5.95 Å². The van der Waals surface area contributed by atoms with Crippen LogP contribution < -0.4 is 14.8 Å². The summed E-state index contributed by atoms with van der Waals surface area (Å²) in [4.78, 5) is 17.7. The summed E-state index contributed by atoms with van der Waals surface area (Å²) in [6.07, 6.45) is 2.54. The molecule has 0 saturated heterocycles. The molecule has 1 aromatic heterocycles. The lowest BCUT2D eigenvalue weighted by Gasteiger charge is -2.28. The van der Waals surface area contributed by atoms with Crippen LogP contribution in [0.1, 0.15) is 38.8 Å². The average Bonchev–Trinajstić information content (AvgIpc) is 3.17. The molecule has 1 aromatic carbocycles. The number of carbonyl (C=O) groups is 1. The molecule has 0 bridgehead atoms. The van der Waals surface area contributed by atoms with E-state index in [0.29, 0.717) is 45.0 Å². The number of anilines is 1. The van der Waals surface area contributed by atoms with E-state index in [4.69, 9.17) is 19.3 Å². The van der Waals surface area contributed by atoms with Gasteiger partial charge in [-0.15, -0.1) is 5.10 Å². The van der Waals surface area contributed by atoms with Crippen molar-refractivity contribution in [2.24, 2.45) is 0 Å². The lowest BCUT2D eigenvalue weighted by atomic mass is 9.95. The number of ether oxygens (including phenoxy) is 3. The Balaban J connectivity index is 2.17. The van der Waals surface area contributed by atoms with E-state index in [1.165, 1.54) is 6.08 Å². The normalized spacial score (nSPS) is 15.1. The van der Waals surface area contributed by atoms with Crippen LogP contribution in [0.2, 0.25) is 0 Å². The fourth-order valence-electron chi connectivity index (χ4n) is 3.38. The van der Waals surface area contributed by atoms with Gasteiger partial charge in [0.25, 0.3) is 0 Å². The minimum atomic E-state index is -0.562. The molecular formula is C22H27BrN4O4S. The summed E-state index contributed by atoms with van der Waals surface area (Å²) in [6.45, 7) is 10.0. The Kier molecular flexibility index (Phi) is 8.25. The third-order valence-corrected chi connectivity index (χ3v) is 6.30. The number of esters is 1. The first-order valence-electron chi connectivity index (χ1n) is 10.3. The molecule has 8 nitrogen and oxygen atoms in total. The van der Waals surface area contributed by atoms with Crippen LogP contribution in [0.3, 0.4) is 0 Å². The minimum Gasteiger partial charge on any atom is -0.492 e. The van der Waals surface area contributed by atoms with E-state index in [1.54, 1.807) is 23.6 Å². The van der Waals surface area contributed by atoms with Crippen molar-refractivity contribution in [3.63, 3.8) is 0 Å². The van der Waals surface area contributed by atoms with Gasteiger partial charge in [0, 0.05) is 11.4 Å². The third kappa shape index (κ3) is 4.96. The summed E-state index contributed by atoms with van der Waals surface area (Å²) < 4.78 is 19.1. The highest BCUT2D eigenvalue weighted by Crippen LogP contribution is 2.43. The second-order valence-electron chi connectivity index (χ2n) is 6.93. The molecule has 0 saturated carbocycles. The highest BCUT2D eigenvalue weighted by Gasteiger charge is 2.36. The number of rotatable bonds is 10. The highest BCUT2D eigenvalue weighted by molar-refractivity contribution is 9.10. The van der Waals surface area contributed by atoms with Gasteiger partial charge in [-0.25, -0.2) is 9.48 Å². The maximum Gasteiger partial charge on any atom is 0.338 e. The van der Waals surface area contributed by atoms with Crippen molar-refractivity contribution in [1.82, 2.24) is 14.8 Å². The number of halogens is 1. The predicted molar refractivity (Wildman–Crippen MR) is 129 cm³/mol. The Hall–Kier alpha value is -2.46. The number of carbonyl (C=O) groups excluding carboxylic acids is 1. The number of nitrogens with zero attached hydrogens (tertiary/aromatic N) is 3. The zero-order valence-corrected chi connectivity index (χ0v) is 21.0. The Morgan fingerprint density at radius 2 is 2.19 bits per heavy atom. The quantitative estimate of drug-likeness (QED) is 0.266. The standard InChI is InChI=1S/C22H27BrN4O4S/c1-6-9-31-20(28)17-13(4)24-21-25-22(32-10-7-2)26-27(21)18(17)14-11-15(23)19(29-5)16(12-14)30-8-3/h6,11-12,18H,1,7-10H2,2-5H3,(H,24,25,26). The minimum absolute atomic E-state index is 0.112. The van der Waals surface area contributed by atoms with Crippen LogP contribution in [0.15, 0.2) is 45.7 Å². The monoisotopic (exact) mass is 522 g/mol. The van der Waals surface area contributed by atoms with Gasteiger partial charge in [-0.3, -0.25) is 0 Å². The number of hydrogen-bond donors (Lipinski definition) is 1. The second-order valence-corrected chi connectivity index (χ2v) is 8.85. The van der Waals surface area contributed by atoms with Crippen molar-refractivity contribution in [3.8, 4) is 11.5 Å². The molecule has 1 aliphatic rings. The van der Waals surface area contributed by atoms with Crippen LogP contribution in [0.25, 0.3) is 0 Å². The summed E-state index contributed by atoms with van der Waals surface area (Å²) in [6, 6.07) is 3.20. The summed E-state index contributed by atoms with van der Waals surface area (Å²) in [5.41, 5.74) is 1.88. The molecule has 10 heteroatoms. The molecule has 1 unspecified atom stereocenters. The van der Waals surface area contributed by atoms with E-state index in [-0.39, 0.29) is 6.61 Å². The van der Waals surface area contributed by atoms with Crippen molar-refractivity contribution in [2.45, 2.75) is 38.4 Å². The lowest BCUT2D eigenvalue weighted by molar-refractivity contribution is -0.138. The van der Waals surface area contributed by atoms with Crippen molar-refractivity contribution < 1.29 is 19.0 Å². The molecule has 0 amide bonds. The molecular weight excluding hydrogens is 496 g/mol. The summed E-state index contributed by atoms with van der Waals surface area (Å²) in [5.74, 6) is 2.16. The number of benzene rings is 1. The molecule has 0 fully saturated rings. The summed E-state index contributed by atoms with van der Waals surface area (Å²) in [5, 5.41) is 8.54. The summed E-state index contributed by atoms with van der Waals surface area (Å²) in [7, 11) is 1.59. The van der Waals surface area contributed by atoms with Gasteiger partial charge in [0.2, 0.25) is 11.1 Å². The Morgan fingerprint density at radius 1 is 1.41 bits per heavy atom. The largest absolute Gasteiger partial charge is 0.492 e. The first kappa shape index (κ1) is 24.2. The molecule has 2 heterocycles. The fraction of sp³-hybridized carbons (Fsp3) is 0.409. The molecule has 0 spiro atoms. The van der Waals surface area contributed by atoms with E-state index in [1.807, 2.05) is 26.0 Å². The van der Waals surface area contributed by atoms with E-state index < -0.39 is 12.0 Å². The fourth-order valence-corrected chi connectivity index (χ4v) is 4.68. The first-order valence-corrected chi connectivity index (χ1v) is 12.1. The molecule has 1 N–H and O–H groups in total. The maximum atomic E-state index is 13.1. The van der Waals surface area contributed by atoms with Gasteiger partial charge in [-0.05, 0) is 53.9 Å². The number of thioether (sulfide) groups is 1. The van der Waals surface area contributed by atoms with E-state index >= 15 is 0 Å². The highest BCUT2D eigenvalue weighted by atomic mass is 79.9. The zero-order chi connectivity index (χ0) is 23.3. The van der Waals surface area contributed by atoms with Gasteiger partial charge in [0.1, 0.15) is 12.6 Å². The molecule has 0 radical (unpaired) electrons. The number of methoxy groups -OCH3 is 1. The van der Waals surface area contributed by atoms with Crippen molar-refractivity contribution in [2.75, 3.05) is 31.4 Å². The topological polar surface area (TPSA) is 87.5 Å². The lowest BCUT2D eigenvalue weighted by Crippen LogP contribution is -2.29. The molecule has 1 atom stereocenters. The number of nitrogens with one attached hydrogen (secondary N) is 1. The second kappa shape index (κ2) is 10.9. The van der Waals surface area contributed by atoms with Crippen LogP contribution >= 0.6 is 27.7 Å². The van der Waals surface area contributed by atoms with Gasteiger partial charge in [0.15, 0.2) is 11.5 Å². The van der Waals surface area contributed by atoms with Crippen LogP contribution in [0, 0.1) is 0 Å². The third-order valence-electron chi connectivity index (χ3n) is 4.67. The van der Waals surface area contributed by atoms with Crippen LogP contribution in [-0.2, 0) is 9.53 Å². The van der Waals surface area contributed by atoms with E-state index in [0.717, 1.165) is 17.7 Å². The number of hydrogen-bond acceptors (Lipinski definition) is 8. The van der Waals surface area contributed by atoms with Gasteiger partial charge in [-0.2, -0.15) is 4.98 Å². The predicted octanol–water partition coefficient (Wildman–Crippen LogP) is 4.97. The number of allylic oxidation sites excluding steroid dienone is 1. The van der Waals surface area contributed by atoms with Crippen molar-refractivity contribution >= 4 is 39.6 Å². The van der Waals surface area contributed by atoms with Crippen LogP contribution in [-0.4, -0.2) is 46.8 Å². The van der Waals surface area contributed by atoms with E-state index in [2.05, 4.69) is 39.7 Å². The Labute approximate surface area is 200 Å². The molecule has 172 valence electrons. The number of fused-ring (bicyclic) bond motifs is 1. The van der Waals surface area contributed by atoms with Crippen molar-refractivity contribution in [3.05, 3.63) is 46.1 Å².